The second-order valence-electron chi connectivity index (χ2n) is 4.81. The molecule has 9 heteroatoms. The lowest BCUT2D eigenvalue weighted by Crippen LogP contribution is -2.33. The van der Waals surface area contributed by atoms with Crippen molar-refractivity contribution in [2.75, 3.05) is 0 Å². The van der Waals surface area contributed by atoms with Gasteiger partial charge < -0.3 is 16.6 Å². The van der Waals surface area contributed by atoms with Crippen molar-refractivity contribution in [2.24, 2.45) is 11.5 Å². The highest BCUT2D eigenvalue weighted by Crippen LogP contribution is 2.15. The summed E-state index contributed by atoms with van der Waals surface area (Å²) in [6, 6.07) is 2.45. The maximum Gasteiger partial charge on any atom is 0.332 e. The molecule has 2 atom stereocenters. The first-order chi connectivity index (χ1) is 10.1. The predicted octanol–water partition coefficient (Wildman–Crippen LogP) is 0.437. The fourth-order valence-electron chi connectivity index (χ4n) is 1.81. The second-order valence-corrected chi connectivity index (χ2v) is 6.16. The number of aliphatic carboxylic acids is 1. The van der Waals surface area contributed by atoms with E-state index < -0.39 is 39.0 Å². The van der Waals surface area contributed by atoms with E-state index in [1.54, 1.807) is 0 Å². The zero-order valence-electron chi connectivity index (χ0n) is 11.6. The molecule has 0 heterocycles. The van der Waals surface area contributed by atoms with Gasteiger partial charge in [0.15, 0.2) is 5.78 Å². The van der Waals surface area contributed by atoms with Crippen LogP contribution in [0.3, 0.4) is 0 Å². The molecule has 0 spiro atoms. The zero-order valence-corrected chi connectivity index (χ0v) is 12.4. The topological polar surface area (TPSA) is 141 Å². The average molecular weight is 332 g/mol. The molecular weight excluding hydrogens is 315 g/mol. The van der Waals surface area contributed by atoms with Crippen LogP contribution in [0.5, 0.6) is 0 Å². The summed E-state index contributed by atoms with van der Waals surface area (Å²) >= 11 is 0. The molecule has 1 rings (SSSR count). The van der Waals surface area contributed by atoms with Crippen molar-refractivity contribution in [1.29, 1.82) is 0 Å². The summed E-state index contributed by atoms with van der Waals surface area (Å²) in [4.78, 5) is 22.0. The van der Waals surface area contributed by atoms with Crippen LogP contribution in [0.25, 0.3) is 0 Å². The van der Waals surface area contributed by atoms with Crippen LogP contribution in [0.4, 0.5) is 3.89 Å². The number of hydrogen-bond donors (Lipinski definition) is 3. The van der Waals surface area contributed by atoms with Crippen molar-refractivity contribution in [3.63, 3.8) is 0 Å². The van der Waals surface area contributed by atoms with E-state index in [9.17, 15) is 21.9 Å². The third-order valence-electron chi connectivity index (χ3n) is 3.10. The minimum Gasteiger partial charge on any atom is -0.480 e. The highest BCUT2D eigenvalue weighted by atomic mass is 32.3. The molecule has 0 aliphatic carbocycles. The van der Waals surface area contributed by atoms with Gasteiger partial charge in [-0.2, -0.15) is 8.42 Å². The highest BCUT2D eigenvalue weighted by Gasteiger charge is 2.19. The summed E-state index contributed by atoms with van der Waals surface area (Å²) in [5, 5.41) is 8.62. The summed E-state index contributed by atoms with van der Waals surface area (Å²) < 4.78 is 34.1. The number of carboxylic acid groups (broad SMARTS) is 1. The molecule has 0 fully saturated rings. The Morgan fingerprint density at radius 3 is 2.05 bits per heavy atom. The summed E-state index contributed by atoms with van der Waals surface area (Å²) in [5.74, 6) is -1.56. The Balaban J connectivity index is 2.62. The van der Waals surface area contributed by atoms with Gasteiger partial charge >= 0.3 is 16.2 Å². The average Bonchev–Trinajstić information content (AvgIpc) is 2.45. The van der Waals surface area contributed by atoms with Gasteiger partial charge in [-0.05, 0) is 43.5 Å². The van der Waals surface area contributed by atoms with E-state index in [1.807, 2.05) is 0 Å². The molecule has 5 N–H and O–H groups in total. The van der Waals surface area contributed by atoms with Crippen molar-refractivity contribution in [3.8, 4) is 0 Å². The Labute approximate surface area is 127 Å². The van der Waals surface area contributed by atoms with Gasteiger partial charge in [-0.1, -0.05) is 0 Å². The van der Waals surface area contributed by atoms with E-state index in [-0.39, 0.29) is 18.4 Å². The Morgan fingerprint density at radius 2 is 1.59 bits per heavy atom. The van der Waals surface area contributed by atoms with Gasteiger partial charge in [0.1, 0.15) is 6.04 Å². The number of benzene rings is 1. The molecule has 7 nitrogen and oxygen atoms in total. The van der Waals surface area contributed by atoms with Crippen molar-refractivity contribution in [1.82, 2.24) is 0 Å². The van der Waals surface area contributed by atoms with Crippen LogP contribution in [-0.2, 0) is 15.0 Å². The lowest BCUT2D eigenvalue weighted by Gasteiger charge is -2.12. The first kappa shape index (κ1) is 18.2. The molecule has 1 unspecified atom stereocenters. The van der Waals surface area contributed by atoms with Gasteiger partial charge in [0, 0.05) is 5.56 Å². The SMILES string of the molecule is NC(CCC[C@@H](N)C(=O)O)C(=O)c1ccc(S(=O)(=O)F)cc1. The third kappa shape index (κ3) is 5.17. The second kappa shape index (κ2) is 7.43. The lowest BCUT2D eigenvalue weighted by molar-refractivity contribution is -0.138. The molecule has 0 saturated carbocycles. The van der Waals surface area contributed by atoms with Gasteiger partial charge in [0.05, 0.1) is 10.9 Å². The Morgan fingerprint density at radius 1 is 1.09 bits per heavy atom. The molecule has 1 aromatic carbocycles. The maximum absolute atomic E-state index is 12.7. The van der Waals surface area contributed by atoms with Gasteiger partial charge in [0.2, 0.25) is 0 Å². The number of carboxylic acids is 1. The van der Waals surface area contributed by atoms with E-state index in [0.717, 1.165) is 12.1 Å². The highest BCUT2D eigenvalue weighted by molar-refractivity contribution is 7.86. The largest absolute Gasteiger partial charge is 0.480 e. The Bertz CT molecular complexity index is 645. The van der Waals surface area contributed by atoms with Crippen LogP contribution in [0, 0.1) is 0 Å². The summed E-state index contributed by atoms with van der Waals surface area (Å²) in [6.07, 6.45) is 0.787. The van der Waals surface area contributed by atoms with Crippen LogP contribution < -0.4 is 11.5 Å². The predicted molar refractivity (Wildman–Crippen MR) is 76.5 cm³/mol. The summed E-state index contributed by atoms with van der Waals surface area (Å²) in [5.41, 5.74) is 11.2. The summed E-state index contributed by atoms with van der Waals surface area (Å²) in [6.45, 7) is 0. The van der Waals surface area contributed by atoms with Crippen molar-refractivity contribution < 1.29 is 27.0 Å². The molecule has 22 heavy (non-hydrogen) atoms. The fourth-order valence-corrected chi connectivity index (χ4v) is 2.27. The third-order valence-corrected chi connectivity index (χ3v) is 3.94. The zero-order chi connectivity index (χ0) is 16.9. The Kier molecular flexibility index (Phi) is 6.15. The van der Waals surface area contributed by atoms with Gasteiger partial charge in [-0.3, -0.25) is 9.59 Å². The van der Waals surface area contributed by atoms with Crippen LogP contribution in [0.2, 0.25) is 0 Å². The van der Waals surface area contributed by atoms with E-state index in [2.05, 4.69) is 0 Å². The quantitative estimate of drug-likeness (QED) is 0.463. The monoisotopic (exact) mass is 332 g/mol. The molecule has 0 radical (unpaired) electrons. The van der Waals surface area contributed by atoms with E-state index in [0.29, 0.717) is 6.42 Å². The van der Waals surface area contributed by atoms with E-state index in [4.69, 9.17) is 16.6 Å². The molecule has 122 valence electrons. The molecular formula is C13H17FN2O5S. The van der Waals surface area contributed by atoms with Crippen molar-refractivity contribution >= 4 is 22.0 Å². The first-order valence-electron chi connectivity index (χ1n) is 6.46. The number of carbonyl (C=O) groups excluding carboxylic acids is 1. The number of Topliss-reactive ketones (excluding diaryl/α,β-unsaturated/α-hetero) is 1. The van der Waals surface area contributed by atoms with Gasteiger partial charge in [-0.25, -0.2) is 0 Å². The molecule has 0 aromatic heterocycles. The number of ketones is 1. The fraction of sp³-hybridized carbons (Fsp3) is 0.385. The first-order valence-corrected chi connectivity index (χ1v) is 7.84. The number of carbonyl (C=O) groups is 2. The maximum atomic E-state index is 12.7. The normalized spacial score (nSPS) is 14.3. The van der Waals surface area contributed by atoms with E-state index in [1.165, 1.54) is 12.1 Å². The molecule has 1 aromatic rings. The van der Waals surface area contributed by atoms with E-state index >= 15 is 0 Å². The number of rotatable bonds is 8. The molecule has 0 amide bonds. The Hall–Kier alpha value is -1.84. The molecule has 0 aliphatic rings. The molecule has 0 bridgehead atoms. The van der Waals surface area contributed by atoms with Gasteiger partial charge in [0.25, 0.3) is 0 Å². The van der Waals surface area contributed by atoms with Crippen LogP contribution in [0.1, 0.15) is 29.6 Å². The number of hydrogen-bond acceptors (Lipinski definition) is 6. The lowest BCUT2D eigenvalue weighted by atomic mass is 9.99. The standard InChI is InChI=1S/C13H17FN2O5S/c14-22(20,21)9-6-4-8(5-7-9)12(17)10(15)2-1-3-11(16)13(18)19/h4-7,10-11H,1-3,15-16H2,(H,18,19)/t10?,11-/m1/s1. The minimum atomic E-state index is -4.81. The molecule has 0 aliphatic heterocycles. The number of halogens is 1. The van der Waals surface area contributed by atoms with Crippen molar-refractivity contribution in [2.45, 2.75) is 36.2 Å². The minimum absolute atomic E-state index is 0.155. The van der Waals surface area contributed by atoms with Crippen LogP contribution in [0.15, 0.2) is 29.2 Å². The van der Waals surface area contributed by atoms with Crippen LogP contribution in [-0.4, -0.2) is 37.4 Å². The summed E-state index contributed by atoms with van der Waals surface area (Å²) in [7, 11) is -4.81. The smallest absolute Gasteiger partial charge is 0.332 e. The van der Waals surface area contributed by atoms with Crippen LogP contribution >= 0.6 is 0 Å². The van der Waals surface area contributed by atoms with Crippen molar-refractivity contribution in [3.05, 3.63) is 29.8 Å². The molecule has 0 saturated heterocycles. The number of nitrogens with two attached hydrogens (primary N) is 2. The van der Waals surface area contributed by atoms with Gasteiger partial charge in [-0.15, -0.1) is 3.89 Å².